The van der Waals surface area contributed by atoms with Crippen molar-refractivity contribution in [3.63, 3.8) is 0 Å². The summed E-state index contributed by atoms with van der Waals surface area (Å²) in [5.41, 5.74) is 2.06. The Kier molecular flexibility index (Phi) is 5.99. The molecule has 0 saturated carbocycles. The van der Waals surface area contributed by atoms with Crippen LogP contribution in [0.2, 0.25) is 0 Å². The third-order valence-electron chi connectivity index (χ3n) is 5.58. The van der Waals surface area contributed by atoms with Crippen LogP contribution in [0.25, 0.3) is 5.69 Å². The van der Waals surface area contributed by atoms with Gasteiger partial charge in [0.25, 0.3) is 5.91 Å². The number of likely N-dealkylation sites (tertiary alicyclic amines) is 1. The number of halogens is 1. The van der Waals surface area contributed by atoms with Crippen molar-refractivity contribution in [2.45, 2.75) is 38.6 Å². The zero-order valence-electron chi connectivity index (χ0n) is 17.3. The van der Waals surface area contributed by atoms with E-state index in [0.717, 1.165) is 43.1 Å². The SMILES string of the molecule is CC(C)c1c(C(=O)NCC(c2ccco2)N2CCCC2)cnn1-c1ccc(F)cc1. The molecule has 6 nitrogen and oxygen atoms in total. The molecule has 30 heavy (non-hydrogen) atoms. The smallest absolute Gasteiger partial charge is 0.254 e. The first-order chi connectivity index (χ1) is 14.5. The second-order valence-corrected chi connectivity index (χ2v) is 7.97. The number of carbonyl (C=O) groups excluding carboxylic acids is 1. The average molecular weight is 410 g/mol. The van der Waals surface area contributed by atoms with Crippen LogP contribution >= 0.6 is 0 Å². The minimum Gasteiger partial charge on any atom is -0.468 e. The Labute approximate surface area is 175 Å². The highest BCUT2D eigenvalue weighted by atomic mass is 19.1. The molecule has 7 heteroatoms. The second-order valence-electron chi connectivity index (χ2n) is 7.97. The van der Waals surface area contributed by atoms with Gasteiger partial charge in [-0.3, -0.25) is 9.69 Å². The van der Waals surface area contributed by atoms with Crippen LogP contribution in [0, 0.1) is 5.82 Å². The minimum absolute atomic E-state index is 0.0149. The first kappa shape index (κ1) is 20.3. The van der Waals surface area contributed by atoms with Gasteiger partial charge in [0.05, 0.1) is 35.4 Å². The van der Waals surface area contributed by atoms with Crippen molar-refractivity contribution < 1.29 is 13.6 Å². The van der Waals surface area contributed by atoms with E-state index in [4.69, 9.17) is 4.42 Å². The predicted octanol–water partition coefficient (Wildman–Crippen LogP) is 4.29. The molecule has 0 bridgehead atoms. The fourth-order valence-corrected chi connectivity index (χ4v) is 4.10. The van der Waals surface area contributed by atoms with Gasteiger partial charge in [-0.1, -0.05) is 13.8 Å². The molecule has 1 fully saturated rings. The van der Waals surface area contributed by atoms with Crippen molar-refractivity contribution in [2.75, 3.05) is 19.6 Å². The lowest BCUT2D eigenvalue weighted by molar-refractivity contribution is 0.0932. The molecule has 1 unspecified atom stereocenters. The largest absolute Gasteiger partial charge is 0.468 e. The van der Waals surface area contributed by atoms with Crippen LogP contribution < -0.4 is 5.32 Å². The van der Waals surface area contributed by atoms with Gasteiger partial charge in [0, 0.05) is 6.54 Å². The highest BCUT2D eigenvalue weighted by molar-refractivity contribution is 5.95. The standard InChI is InChI=1S/C23H27FN4O2/c1-16(2)22-19(14-26-28(22)18-9-7-17(24)8-10-18)23(29)25-15-20(21-6-5-13-30-21)27-11-3-4-12-27/h5-10,13-14,16,20H,3-4,11-12,15H2,1-2H3,(H,25,29). The summed E-state index contributed by atoms with van der Waals surface area (Å²) in [7, 11) is 0. The number of amides is 1. The highest BCUT2D eigenvalue weighted by Gasteiger charge is 2.27. The maximum atomic E-state index is 13.3. The normalized spacial score (nSPS) is 15.6. The van der Waals surface area contributed by atoms with E-state index in [9.17, 15) is 9.18 Å². The summed E-state index contributed by atoms with van der Waals surface area (Å²) < 4.78 is 20.7. The molecule has 0 aliphatic carbocycles. The first-order valence-electron chi connectivity index (χ1n) is 10.4. The zero-order chi connectivity index (χ0) is 21.1. The lowest BCUT2D eigenvalue weighted by atomic mass is 10.0. The number of hydrogen-bond donors (Lipinski definition) is 1. The Bertz CT molecular complexity index is 973. The minimum atomic E-state index is -0.305. The average Bonchev–Trinajstić information content (AvgIpc) is 3.50. The number of carbonyl (C=O) groups is 1. The van der Waals surface area contributed by atoms with Gasteiger partial charge < -0.3 is 9.73 Å². The van der Waals surface area contributed by atoms with E-state index in [1.807, 2.05) is 26.0 Å². The van der Waals surface area contributed by atoms with Crippen molar-refractivity contribution in [2.24, 2.45) is 0 Å². The maximum Gasteiger partial charge on any atom is 0.254 e. The topological polar surface area (TPSA) is 63.3 Å². The van der Waals surface area contributed by atoms with E-state index in [0.29, 0.717) is 12.1 Å². The first-order valence-corrected chi connectivity index (χ1v) is 10.4. The zero-order valence-corrected chi connectivity index (χ0v) is 17.3. The molecule has 1 aliphatic heterocycles. The molecule has 2 aromatic heterocycles. The van der Waals surface area contributed by atoms with Crippen molar-refractivity contribution in [1.29, 1.82) is 0 Å². The summed E-state index contributed by atoms with van der Waals surface area (Å²) in [5.74, 6) is 0.463. The molecule has 3 heterocycles. The van der Waals surface area contributed by atoms with Gasteiger partial charge >= 0.3 is 0 Å². The molecule has 1 amide bonds. The van der Waals surface area contributed by atoms with Crippen LogP contribution in [-0.4, -0.2) is 40.2 Å². The third kappa shape index (κ3) is 4.16. The fraction of sp³-hybridized carbons (Fsp3) is 0.391. The Morgan fingerprint density at radius 1 is 1.20 bits per heavy atom. The molecule has 1 aromatic carbocycles. The van der Waals surface area contributed by atoms with Crippen LogP contribution in [0.1, 0.15) is 60.5 Å². The molecule has 0 spiro atoms. The fourth-order valence-electron chi connectivity index (χ4n) is 4.10. The number of hydrogen-bond acceptors (Lipinski definition) is 4. The van der Waals surface area contributed by atoms with Gasteiger partial charge in [-0.25, -0.2) is 9.07 Å². The quantitative estimate of drug-likeness (QED) is 0.631. The third-order valence-corrected chi connectivity index (χ3v) is 5.58. The molecule has 0 radical (unpaired) electrons. The van der Waals surface area contributed by atoms with Crippen LogP contribution in [0.3, 0.4) is 0 Å². The van der Waals surface area contributed by atoms with Crippen molar-refractivity contribution >= 4 is 5.91 Å². The van der Waals surface area contributed by atoms with Crippen LogP contribution in [0.5, 0.6) is 0 Å². The van der Waals surface area contributed by atoms with Crippen molar-refractivity contribution in [1.82, 2.24) is 20.0 Å². The van der Waals surface area contributed by atoms with Crippen LogP contribution in [0.15, 0.2) is 53.3 Å². The molecular formula is C23H27FN4O2. The summed E-state index contributed by atoms with van der Waals surface area (Å²) in [4.78, 5) is 15.4. The molecular weight excluding hydrogens is 383 g/mol. The molecule has 1 atom stereocenters. The molecule has 4 rings (SSSR count). The number of nitrogens with one attached hydrogen (secondary N) is 1. The van der Waals surface area contributed by atoms with E-state index in [2.05, 4.69) is 15.3 Å². The van der Waals surface area contributed by atoms with E-state index >= 15 is 0 Å². The van der Waals surface area contributed by atoms with E-state index in [-0.39, 0.29) is 23.7 Å². The van der Waals surface area contributed by atoms with E-state index in [1.54, 1.807) is 29.3 Å². The maximum absolute atomic E-state index is 13.3. The number of rotatable bonds is 7. The van der Waals surface area contributed by atoms with Gasteiger partial charge in [0.2, 0.25) is 0 Å². The Morgan fingerprint density at radius 3 is 2.57 bits per heavy atom. The lowest BCUT2D eigenvalue weighted by Gasteiger charge is -2.26. The van der Waals surface area contributed by atoms with Gasteiger partial charge in [-0.2, -0.15) is 5.10 Å². The van der Waals surface area contributed by atoms with Crippen molar-refractivity contribution in [3.05, 3.63) is 71.7 Å². The van der Waals surface area contributed by atoms with Crippen LogP contribution in [-0.2, 0) is 0 Å². The lowest BCUT2D eigenvalue weighted by Crippen LogP contribution is -2.36. The summed E-state index contributed by atoms with van der Waals surface area (Å²) in [6.07, 6.45) is 5.58. The molecule has 1 N–H and O–H groups in total. The molecule has 3 aromatic rings. The highest BCUT2D eigenvalue weighted by Crippen LogP contribution is 2.26. The summed E-state index contributed by atoms with van der Waals surface area (Å²) >= 11 is 0. The second kappa shape index (κ2) is 8.83. The Morgan fingerprint density at radius 2 is 1.93 bits per heavy atom. The molecule has 1 saturated heterocycles. The Balaban J connectivity index is 1.55. The van der Waals surface area contributed by atoms with Crippen molar-refractivity contribution in [3.8, 4) is 5.69 Å². The van der Waals surface area contributed by atoms with E-state index in [1.165, 1.54) is 12.1 Å². The summed E-state index contributed by atoms with van der Waals surface area (Å²) in [5, 5.41) is 7.50. The van der Waals surface area contributed by atoms with E-state index < -0.39 is 0 Å². The Hall–Kier alpha value is -2.93. The monoisotopic (exact) mass is 410 g/mol. The number of aromatic nitrogens is 2. The van der Waals surface area contributed by atoms with Gasteiger partial charge in [0.1, 0.15) is 11.6 Å². The number of benzene rings is 1. The predicted molar refractivity (Wildman–Crippen MR) is 112 cm³/mol. The van der Waals surface area contributed by atoms with Gasteiger partial charge in [-0.15, -0.1) is 0 Å². The molecule has 1 aliphatic rings. The van der Waals surface area contributed by atoms with Gasteiger partial charge in [0.15, 0.2) is 0 Å². The van der Waals surface area contributed by atoms with Gasteiger partial charge in [-0.05, 0) is 68.2 Å². The number of furan rings is 1. The number of nitrogens with zero attached hydrogens (tertiary/aromatic N) is 3. The summed E-state index contributed by atoms with van der Waals surface area (Å²) in [6, 6.07) is 9.97. The molecule has 158 valence electrons. The summed E-state index contributed by atoms with van der Waals surface area (Å²) in [6.45, 7) is 6.50. The van der Waals surface area contributed by atoms with Crippen LogP contribution in [0.4, 0.5) is 4.39 Å².